The molecule has 5 nitrogen and oxygen atoms in total. The van der Waals surface area contributed by atoms with E-state index in [0.29, 0.717) is 12.6 Å². The van der Waals surface area contributed by atoms with Crippen LogP contribution in [0.1, 0.15) is 39.2 Å². The van der Waals surface area contributed by atoms with Gasteiger partial charge >= 0.3 is 5.97 Å². The Morgan fingerprint density at radius 1 is 1.56 bits per heavy atom. The first kappa shape index (κ1) is 14.7. The Bertz CT molecular complexity index is 374. The van der Waals surface area contributed by atoms with E-state index in [1.807, 2.05) is 17.1 Å². The lowest BCUT2D eigenvalue weighted by Gasteiger charge is -2.25. The van der Waals surface area contributed by atoms with Gasteiger partial charge in [-0.1, -0.05) is 6.92 Å². The van der Waals surface area contributed by atoms with Gasteiger partial charge in [0.25, 0.3) is 0 Å². The van der Waals surface area contributed by atoms with Crippen LogP contribution in [-0.2, 0) is 17.9 Å². The predicted octanol–water partition coefficient (Wildman–Crippen LogP) is 1.98. The van der Waals surface area contributed by atoms with Gasteiger partial charge in [0.2, 0.25) is 0 Å². The van der Waals surface area contributed by atoms with Gasteiger partial charge < -0.3 is 5.11 Å². The summed E-state index contributed by atoms with van der Waals surface area (Å²) >= 11 is 0. The molecule has 0 bridgehead atoms. The molecule has 1 heterocycles. The van der Waals surface area contributed by atoms with E-state index in [1.165, 1.54) is 0 Å². The van der Waals surface area contributed by atoms with Crippen LogP contribution in [0.15, 0.2) is 12.4 Å². The number of carboxylic acid groups (broad SMARTS) is 1. The van der Waals surface area contributed by atoms with Crippen molar-refractivity contribution in [3.8, 4) is 0 Å². The van der Waals surface area contributed by atoms with E-state index >= 15 is 0 Å². The molecule has 1 rings (SSSR count). The maximum atomic E-state index is 10.6. The molecule has 102 valence electrons. The number of rotatable bonds is 8. The van der Waals surface area contributed by atoms with Crippen molar-refractivity contribution < 1.29 is 9.90 Å². The van der Waals surface area contributed by atoms with Crippen molar-refractivity contribution in [2.24, 2.45) is 0 Å². The number of hydrogen-bond acceptors (Lipinski definition) is 3. The Kier molecular flexibility index (Phi) is 5.85. The van der Waals surface area contributed by atoms with Crippen LogP contribution in [0.3, 0.4) is 0 Å². The van der Waals surface area contributed by atoms with E-state index < -0.39 is 5.97 Å². The molecule has 5 heteroatoms. The zero-order valence-electron chi connectivity index (χ0n) is 11.5. The van der Waals surface area contributed by atoms with Crippen molar-refractivity contribution in [3.63, 3.8) is 0 Å². The molecule has 0 atom stereocenters. The first-order valence-electron chi connectivity index (χ1n) is 6.50. The second kappa shape index (κ2) is 7.16. The summed E-state index contributed by atoms with van der Waals surface area (Å²) in [6.45, 7) is 8.54. The number of hydrogen-bond donors (Lipinski definition) is 1. The summed E-state index contributed by atoms with van der Waals surface area (Å²) in [5, 5.41) is 13.0. The summed E-state index contributed by atoms with van der Waals surface area (Å²) in [5.41, 5.74) is 1.14. The molecule has 0 saturated carbocycles. The van der Waals surface area contributed by atoms with Crippen molar-refractivity contribution in [2.75, 3.05) is 6.54 Å². The van der Waals surface area contributed by atoms with Gasteiger partial charge in [-0.05, 0) is 20.3 Å². The lowest BCUT2D eigenvalue weighted by Crippen LogP contribution is -2.32. The van der Waals surface area contributed by atoms with Gasteiger partial charge in [-0.3, -0.25) is 14.4 Å². The number of aliphatic carboxylic acids is 1. The maximum Gasteiger partial charge on any atom is 0.304 e. The van der Waals surface area contributed by atoms with Crippen molar-refractivity contribution in [1.29, 1.82) is 0 Å². The Morgan fingerprint density at radius 2 is 2.28 bits per heavy atom. The second-order valence-corrected chi connectivity index (χ2v) is 4.82. The van der Waals surface area contributed by atoms with Crippen LogP contribution in [0.4, 0.5) is 0 Å². The highest BCUT2D eigenvalue weighted by atomic mass is 16.4. The third-order valence-electron chi connectivity index (χ3n) is 2.87. The molecule has 0 aliphatic carbocycles. The third kappa shape index (κ3) is 4.87. The van der Waals surface area contributed by atoms with E-state index in [0.717, 1.165) is 25.1 Å². The molecular weight excluding hydrogens is 230 g/mol. The van der Waals surface area contributed by atoms with E-state index in [1.54, 1.807) is 0 Å². The van der Waals surface area contributed by atoms with Gasteiger partial charge in [-0.2, -0.15) is 5.10 Å². The number of aryl methyl sites for hydroxylation is 1. The van der Waals surface area contributed by atoms with Gasteiger partial charge in [0.15, 0.2) is 0 Å². The van der Waals surface area contributed by atoms with E-state index in [4.69, 9.17) is 5.11 Å². The standard InChI is InChI=1S/C13H23N3O2/c1-4-6-16-10-12(8-14-16)9-15(11(2)3)7-5-13(17)18/h8,10-11H,4-7,9H2,1-3H3,(H,17,18). The lowest BCUT2D eigenvalue weighted by molar-refractivity contribution is -0.137. The van der Waals surface area contributed by atoms with E-state index in [9.17, 15) is 4.79 Å². The molecule has 1 aromatic heterocycles. The molecule has 0 fully saturated rings. The summed E-state index contributed by atoms with van der Waals surface area (Å²) in [5.74, 6) is -0.748. The van der Waals surface area contributed by atoms with Crippen molar-refractivity contribution in [3.05, 3.63) is 18.0 Å². The molecule has 0 amide bonds. The minimum Gasteiger partial charge on any atom is -0.481 e. The maximum absolute atomic E-state index is 10.6. The Morgan fingerprint density at radius 3 is 2.83 bits per heavy atom. The minimum atomic E-state index is -0.748. The van der Waals surface area contributed by atoms with Crippen LogP contribution < -0.4 is 0 Å². The average Bonchev–Trinajstić information content (AvgIpc) is 2.71. The molecule has 0 saturated heterocycles. The fraction of sp³-hybridized carbons (Fsp3) is 0.692. The van der Waals surface area contributed by atoms with Crippen LogP contribution in [0.5, 0.6) is 0 Å². The minimum absolute atomic E-state index is 0.182. The van der Waals surface area contributed by atoms with Crippen molar-refractivity contribution in [2.45, 2.75) is 52.7 Å². The molecule has 1 N–H and O–H groups in total. The summed E-state index contributed by atoms with van der Waals surface area (Å²) in [6.07, 6.45) is 5.15. The smallest absolute Gasteiger partial charge is 0.304 e. The molecule has 18 heavy (non-hydrogen) atoms. The molecular formula is C13H23N3O2. The highest BCUT2D eigenvalue weighted by Crippen LogP contribution is 2.08. The fourth-order valence-corrected chi connectivity index (χ4v) is 1.83. The Labute approximate surface area is 108 Å². The predicted molar refractivity (Wildman–Crippen MR) is 70.3 cm³/mol. The topological polar surface area (TPSA) is 58.4 Å². The SMILES string of the molecule is CCCn1cc(CN(CCC(=O)O)C(C)C)cn1. The summed E-state index contributed by atoms with van der Waals surface area (Å²) in [4.78, 5) is 12.8. The average molecular weight is 253 g/mol. The monoisotopic (exact) mass is 253 g/mol. The Balaban J connectivity index is 2.55. The van der Waals surface area contributed by atoms with Crippen molar-refractivity contribution >= 4 is 5.97 Å². The molecule has 0 aromatic carbocycles. The van der Waals surface area contributed by atoms with Gasteiger partial charge in [-0.25, -0.2) is 0 Å². The van der Waals surface area contributed by atoms with Gasteiger partial charge in [0.05, 0.1) is 12.6 Å². The molecule has 0 aliphatic rings. The second-order valence-electron chi connectivity index (χ2n) is 4.82. The molecule has 0 radical (unpaired) electrons. The zero-order chi connectivity index (χ0) is 13.5. The molecule has 0 spiro atoms. The Hall–Kier alpha value is -1.36. The first-order chi connectivity index (χ1) is 8.52. The fourth-order valence-electron chi connectivity index (χ4n) is 1.83. The largest absolute Gasteiger partial charge is 0.481 e. The number of carbonyl (C=O) groups is 1. The summed E-state index contributed by atoms with van der Waals surface area (Å²) in [7, 11) is 0. The highest BCUT2D eigenvalue weighted by molar-refractivity contribution is 5.66. The summed E-state index contributed by atoms with van der Waals surface area (Å²) in [6, 6.07) is 0.332. The zero-order valence-corrected chi connectivity index (χ0v) is 11.5. The van der Waals surface area contributed by atoms with Crippen LogP contribution in [0.2, 0.25) is 0 Å². The normalized spacial score (nSPS) is 11.4. The number of carboxylic acids is 1. The quantitative estimate of drug-likeness (QED) is 0.769. The van der Waals surface area contributed by atoms with E-state index in [-0.39, 0.29) is 6.42 Å². The molecule has 1 aromatic rings. The van der Waals surface area contributed by atoms with E-state index in [2.05, 4.69) is 30.8 Å². The van der Waals surface area contributed by atoms with Gasteiger partial charge in [0.1, 0.15) is 0 Å². The molecule has 0 unspecified atom stereocenters. The number of nitrogens with zero attached hydrogens (tertiary/aromatic N) is 3. The lowest BCUT2D eigenvalue weighted by atomic mass is 10.2. The van der Waals surface area contributed by atoms with Crippen molar-refractivity contribution in [1.82, 2.24) is 14.7 Å². The van der Waals surface area contributed by atoms with Crippen LogP contribution in [0.25, 0.3) is 0 Å². The number of aromatic nitrogens is 2. The highest BCUT2D eigenvalue weighted by Gasteiger charge is 2.12. The summed E-state index contributed by atoms with van der Waals surface area (Å²) < 4.78 is 1.94. The first-order valence-corrected chi connectivity index (χ1v) is 6.50. The molecule has 0 aliphatic heterocycles. The third-order valence-corrected chi connectivity index (χ3v) is 2.87. The van der Waals surface area contributed by atoms with Gasteiger partial charge in [0, 0.05) is 37.4 Å². The van der Waals surface area contributed by atoms with Crippen LogP contribution in [0, 0.1) is 0 Å². The van der Waals surface area contributed by atoms with Crippen LogP contribution >= 0.6 is 0 Å². The van der Waals surface area contributed by atoms with Crippen LogP contribution in [-0.4, -0.2) is 38.3 Å². The van der Waals surface area contributed by atoms with Gasteiger partial charge in [-0.15, -0.1) is 0 Å².